The highest BCUT2D eigenvalue weighted by Gasteiger charge is 2.38. The van der Waals surface area contributed by atoms with E-state index in [-0.39, 0.29) is 35.3 Å². The molecule has 2 aliphatic rings. The van der Waals surface area contributed by atoms with E-state index in [1.807, 2.05) is 4.40 Å². The number of carbonyl (C=O) groups is 2. The first-order valence-electron chi connectivity index (χ1n) is 12.7. The van der Waals surface area contributed by atoms with Crippen molar-refractivity contribution in [3.8, 4) is 11.3 Å². The number of imidazole rings is 1. The maximum atomic E-state index is 13.0. The number of amides is 2. The standard InChI is InChI=1S/C27H24F3N7O3/c28-27(29,30)18-7-9-32-20(13-18)34-25(38)16-3-1-15(2-4-16)21-22-23(31)33-10-11-36(22)24(35-21)17-5-6-19-8-12-40-26(39)37(19)14-17/h1-4,7,9-11,13,17,19H,5-6,8,12,14H2,(H2,31,33)(H,32,34,38). The fourth-order valence-electron chi connectivity index (χ4n) is 5.35. The highest BCUT2D eigenvalue weighted by atomic mass is 19.4. The smallest absolute Gasteiger partial charge is 0.416 e. The SMILES string of the molecule is Nc1nccn2c(C3CCC4CCOC(=O)N4C3)nc(-c3ccc(C(=O)Nc4cc(C(F)(F)F)ccn4)cc3)c12. The van der Waals surface area contributed by atoms with Crippen LogP contribution in [0.15, 0.2) is 55.0 Å². The molecule has 3 N–H and O–H groups in total. The molecule has 2 amide bonds. The van der Waals surface area contributed by atoms with Crippen LogP contribution in [0.1, 0.15) is 46.9 Å². The number of pyridine rings is 1. The number of benzene rings is 1. The van der Waals surface area contributed by atoms with Gasteiger partial charge in [0.15, 0.2) is 0 Å². The molecule has 2 fully saturated rings. The molecule has 10 nitrogen and oxygen atoms in total. The minimum absolute atomic E-state index is 0.0463. The fourth-order valence-corrected chi connectivity index (χ4v) is 5.35. The van der Waals surface area contributed by atoms with Crippen molar-refractivity contribution in [3.05, 3.63) is 71.9 Å². The number of halogens is 3. The van der Waals surface area contributed by atoms with E-state index >= 15 is 0 Å². The highest BCUT2D eigenvalue weighted by molar-refractivity contribution is 6.04. The van der Waals surface area contributed by atoms with Crippen molar-refractivity contribution in [3.63, 3.8) is 0 Å². The minimum Gasteiger partial charge on any atom is -0.449 e. The maximum absolute atomic E-state index is 13.0. The molecular formula is C27H24F3N7O3. The van der Waals surface area contributed by atoms with Gasteiger partial charge in [0.05, 0.1) is 12.2 Å². The number of fused-ring (bicyclic) bond motifs is 2. The zero-order chi connectivity index (χ0) is 28.0. The molecule has 13 heteroatoms. The predicted molar refractivity (Wildman–Crippen MR) is 138 cm³/mol. The van der Waals surface area contributed by atoms with E-state index in [4.69, 9.17) is 15.5 Å². The van der Waals surface area contributed by atoms with Gasteiger partial charge in [-0.2, -0.15) is 13.2 Å². The van der Waals surface area contributed by atoms with E-state index in [1.165, 1.54) is 0 Å². The van der Waals surface area contributed by atoms with Gasteiger partial charge < -0.3 is 20.7 Å². The largest absolute Gasteiger partial charge is 0.449 e. The molecule has 2 aliphatic heterocycles. The van der Waals surface area contributed by atoms with Crippen molar-refractivity contribution in [2.45, 2.75) is 37.4 Å². The van der Waals surface area contributed by atoms with Gasteiger partial charge in [0, 0.05) is 54.6 Å². The number of rotatable bonds is 4. The molecule has 0 aliphatic carbocycles. The van der Waals surface area contributed by atoms with Gasteiger partial charge in [-0.1, -0.05) is 12.1 Å². The van der Waals surface area contributed by atoms with E-state index in [0.717, 1.165) is 43.4 Å². The Morgan fingerprint density at radius 2 is 1.88 bits per heavy atom. The Morgan fingerprint density at radius 3 is 2.65 bits per heavy atom. The number of cyclic esters (lactones) is 1. The average molecular weight is 552 g/mol. The van der Waals surface area contributed by atoms with Gasteiger partial charge in [0.25, 0.3) is 5.91 Å². The van der Waals surface area contributed by atoms with Gasteiger partial charge >= 0.3 is 12.3 Å². The maximum Gasteiger partial charge on any atom is 0.416 e. The van der Waals surface area contributed by atoms with Crippen LogP contribution in [0.2, 0.25) is 0 Å². The molecule has 0 saturated carbocycles. The summed E-state index contributed by atoms with van der Waals surface area (Å²) < 4.78 is 46.1. The number of nitrogens with one attached hydrogen (secondary N) is 1. The molecule has 40 heavy (non-hydrogen) atoms. The zero-order valence-electron chi connectivity index (χ0n) is 21.1. The molecule has 0 spiro atoms. The Bertz CT molecular complexity index is 1600. The monoisotopic (exact) mass is 551 g/mol. The van der Waals surface area contributed by atoms with E-state index in [9.17, 15) is 22.8 Å². The molecule has 206 valence electrons. The van der Waals surface area contributed by atoms with Gasteiger partial charge in [-0.15, -0.1) is 0 Å². The molecule has 2 unspecified atom stereocenters. The molecule has 0 bridgehead atoms. The van der Waals surface area contributed by atoms with Crippen LogP contribution in [0.5, 0.6) is 0 Å². The van der Waals surface area contributed by atoms with Crippen LogP contribution in [-0.2, 0) is 10.9 Å². The number of carbonyl (C=O) groups excluding carboxylic acids is 2. The van der Waals surface area contributed by atoms with Crippen LogP contribution < -0.4 is 11.1 Å². The van der Waals surface area contributed by atoms with Crippen LogP contribution in [0, 0.1) is 0 Å². The Labute approximate surface area is 226 Å². The summed E-state index contributed by atoms with van der Waals surface area (Å²) in [4.78, 5) is 39.8. The molecule has 5 heterocycles. The van der Waals surface area contributed by atoms with Crippen molar-refractivity contribution < 1.29 is 27.5 Å². The number of anilines is 2. The lowest BCUT2D eigenvalue weighted by atomic mass is 9.90. The second kappa shape index (κ2) is 9.81. The predicted octanol–water partition coefficient (Wildman–Crippen LogP) is 4.73. The Kier molecular flexibility index (Phi) is 6.28. The van der Waals surface area contributed by atoms with Crippen LogP contribution >= 0.6 is 0 Å². The summed E-state index contributed by atoms with van der Waals surface area (Å²) in [5.74, 6) is 0.156. The van der Waals surface area contributed by atoms with Crippen molar-refractivity contribution in [2.75, 3.05) is 24.2 Å². The first-order chi connectivity index (χ1) is 19.2. The van der Waals surface area contributed by atoms with Crippen molar-refractivity contribution >= 4 is 29.2 Å². The summed E-state index contributed by atoms with van der Waals surface area (Å²) in [5.41, 5.74) is 7.41. The normalized spacial score (nSPS) is 19.3. The molecule has 2 atom stereocenters. The quantitative estimate of drug-likeness (QED) is 0.375. The number of hydrogen-bond donors (Lipinski definition) is 2. The van der Waals surface area contributed by atoms with E-state index in [2.05, 4.69) is 15.3 Å². The Balaban J connectivity index is 1.28. The summed E-state index contributed by atoms with van der Waals surface area (Å²) in [5, 5.41) is 2.40. The molecule has 3 aromatic heterocycles. The zero-order valence-corrected chi connectivity index (χ0v) is 21.1. The summed E-state index contributed by atoms with van der Waals surface area (Å²) in [7, 11) is 0. The van der Waals surface area contributed by atoms with Gasteiger partial charge in [0.2, 0.25) is 0 Å². The lowest BCUT2D eigenvalue weighted by molar-refractivity contribution is -0.137. The lowest BCUT2D eigenvalue weighted by Gasteiger charge is -2.41. The number of nitrogens with zero attached hydrogens (tertiary/aromatic N) is 5. The number of alkyl halides is 3. The van der Waals surface area contributed by atoms with Crippen molar-refractivity contribution in [1.82, 2.24) is 24.3 Å². The third kappa shape index (κ3) is 4.67. The van der Waals surface area contributed by atoms with Gasteiger partial charge in [-0.25, -0.2) is 19.7 Å². The molecule has 4 aromatic rings. The van der Waals surface area contributed by atoms with Crippen LogP contribution in [-0.4, -0.2) is 55.4 Å². The van der Waals surface area contributed by atoms with Gasteiger partial charge in [-0.3, -0.25) is 9.20 Å². The number of nitrogen functional groups attached to an aromatic ring is 1. The van der Waals surface area contributed by atoms with Crippen LogP contribution in [0.4, 0.5) is 29.6 Å². The molecule has 6 rings (SSSR count). The second-order valence-corrected chi connectivity index (χ2v) is 9.79. The van der Waals surface area contributed by atoms with Crippen LogP contribution in [0.25, 0.3) is 16.8 Å². The lowest BCUT2D eigenvalue weighted by Crippen LogP contribution is -2.50. The average Bonchev–Trinajstić information content (AvgIpc) is 3.34. The molecule has 1 aromatic carbocycles. The molecule has 0 radical (unpaired) electrons. The third-order valence-corrected chi connectivity index (χ3v) is 7.34. The molecule has 2 saturated heterocycles. The summed E-state index contributed by atoms with van der Waals surface area (Å²) in [6.45, 7) is 0.917. The number of nitrogens with two attached hydrogens (primary N) is 1. The van der Waals surface area contributed by atoms with E-state index in [0.29, 0.717) is 29.9 Å². The third-order valence-electron chi connectivity index (χ3n) is 7.34. The first kappa shape index (κ1) is 25.6. The van der Waals surface area contributed by atoms with E-state index in [1.54, 1.807) is 41.6 Å². The summed E-state index contributed by atoms with van der Waals surface area (Å²) in [6.07, 6.45) is 2.00. The van der Waals surface area contributed by atoms with E-state index < -0.39 is 17.6 Å². The number of piperidine rings is 1. The number of aromatic nitrogens is 4. The summed E-state index contributed by atoms with van der Waals surface area (Å²) in [6, 6.07) is 8.24. The number of hydrogen-bond acceptors (Lipinski definition) is 7. The Hall–Kier alpha value is -4.68. The number of ether oxygens (including phenoxy) is 1. The van der Waals surface area contributed by atoms with Crippen molar-refractivity contribution in [1.29, 1.82) is 0 Å². The Morgan fingerprint density at radius 1 is 1.07 bits per heavy atom. The van der Waals surface area contributed by atoms with Crippen molar-refractivity contribution in [2.24, 2.45) is 0 Å². The minimum atomic E-state index is -4.55. The second-order valence-electron chi connectivity index (χ2n) is 9.79. The molecular weight excluding hydrogens is 527 g/mol. The van der Waals surface area contributed by atoms with Crippen LogP contribution in [0.3, 0.4) is 0 Å². The topological polar surface area (TPSA) is 128 Å². The van der Waals surface area contributed by atoms with Gasteiger partial charge in [0.1, 0.15) is 28.7 Å². The fraction of sp³-hybridized carbons (Fsp3) is 0.296. The highest BCUT2D eigenvalue weighted by Crippen LogP contribution is 2.37. The summed E-state index contributed by atoms with van der Waals surface area (Å²) >= 11 is 0. The first-order valence-corrected chi connectivity index (χ1v) is 12.7. The van der Waals surface area contributed by atoms with Gasteiger partial charge in [-0.05, 0) is 37.1 Å².